The van der Waals surface area contributed by atoms with Crippen molar-refractivity contribution in [2.75, 3.05) is 6.61 Å². The molecule has 2 heterocycles. The monoisotopic (exact) mass is 316 g/mol. The summed E-state index contributed by atoms with van der Waals surface area (Å²) in [5, 5.41) is 5.85. The second-order valence-corrected chi connectivity index (χ2v) is 6.12. The van der Waals surface area contributed by atoms with Gasteiger partial charge in [-0.25, -0.2) is 9.48 Å². The maximum Gasteiger partial charge on any atom is 0.330 e. The van der Waals surface area contributed by atoms with E-state index in [1.807, 2.05) is 31.2 Å². The second kappa shape index (κ2) is 5.53. The third kappa shape index (κ3) is 2.20. The molecule has 6 heteroatoms. The van der Waals surface area contributed by atoms with Crippen molar-refractivity contribution in [3.63, 3.8) is 0 Å². The first-order valence-corrected chi connectivity index (χ1v) is 7.93. The Kier molecular flexibility index (Phi) is 3.70. The maximum absolute atomic E-state index is 12.8. The van der Waals surface area contributed by atoms with E-state index >= 15 is 0 Å². The van der Waals surface area contributed by atoms with Crippen molar-refractivity contribution in [2.45, 2.75) is 26.8 Å². The van der Waals surface area contributed by atoms with Crippen molar-refractivity contribution in [1.29, 1.82) is 0 Å². The molecule has 0 amide bonds. The van der Waals surface area contributed by atoms with Gasteiger partial charge in [-0.15, -0.1) is 11.3 Å². The van der Waals surface area contributed by atoms with Gasteiger partial charge in [-0.3, -0.25) is 4.79 Å². The molecule has 3 rings (SSSR count). The number of thiophene rings is 1. The standard InChI is InChI=1S/C16H16N2O3S/c1-4-21-16(20)10(3)18-15(19)13-11-7-5-6-8-12(11)22-14(13)9(2)17-18/h5-8,10H,4H2,1-3H3/t10-/m0/s1. The molecule has 0 N–H and O–H groups in total. The third-order valence-electron chi connectivity index (χ3n) is 3.60. The number of aromatic nitrogens is 2. The van der Waals surface area contributed by atoms with Gasteiger partial charge in [-0.05, 0) is 26.8 Å². The largest absolute Gasteiger partial charge is 0.464 e. The lowest BCUT2D eigenvalue weighted by molar-refractivity contribution is -0.147. The Morgan fingerprint density at radius 2 is 2.14 bits per heavy atom. The number of benzene rings is 1. The van der Waals surface area contributed by atoms with Crippen molar-refractivity contribution < 1.29 is 9.53 Å². The molecule has 0 aliphatic carbocycles. The minimum absolute atomic E-state index is 0.251. The molecule has 0 saturated heterocycles. The van der Waals surface area contributed by atoms with Gasteiger partial charge >= 0.3 is 5.97 Å². The molecule has 1 aromatic carbocycles. The number of hydrogen-bond donors (Lipinski definition) is 0. The summed E-state index contributed by atoms with van der Waals surface area (Å²) < 4.78 is 8.15. The highest BCUT2D eigenvalue weighted by atomic mass is 32.1. The van der Waals surface area contributed by atoms with E-state index in [4.69, 9.17) is 4.74 Å². The van der Waals surface area contributed by atoms with Gasteiger partial charge in [0.15, 0.2) is 6.04 Å². The Balaban J connectivity index is 2.30. The fraction of sp³-hybridized carbons (Fsp3) is 0.312. The van der Waals surface area contributed by atoms with Crippen molar-refractivity contribution in [2.24, 2.45) is 0 Å². The van der Waals surface area contributed by atoms with Crippen LogP contribution in [0.15, 0.2) is 29.1 Å². The quantitative estimate of drug-likeness (QED) is 0.697. The molecular formula is C16H16N2O3S. The van der Waals surface area contributed by atoms with Crippen LogP contribution >= 0.6 is 11.3 Å². The number of carbonyl (C=O) groups excluding carboxylic acids is 1. The van der Waals surface area contributed by atoms with Crippen LogP contribution in [0, 0.1) is 6.92 Å². The van der Waals surface area contributed by atoms with Gasteiger partial charge in [0.2, 0.25) is 0 Å². The predicted molar refractivity (Wildman–Crippen MR) is 87.5 cm³/mol. The number of carbonyl (C=O) groups is 1. The lowest BCUT2D eigenvalue weighted by atomic mass is 10.2. The first kappa shape index (κ1) is 14.7. The fourth-order valence-corrected chi connectivity index (χ4v) is 3.64. The minimum atomic E-state index is -0.741. The van der Waals surface area contributed by atoms with Crippen molar-refractivity contribution in [3.8, 4) is 0 Å². The van der Waals surface area contributed by atoms with Gasteiger partial charge in [0.05, 0.1) is 22.4 Å². The zero-order valence-corrected chi connectivity index (χ0v) is 13.4. The summed E-state index contributed by atoms with van der Waals surface area (Å²) in [6.07, 6.45) is 0. The topological polar surface area (TPSA) is 61.2 Å². The number of esters is 1. The Labute approximate surface area is 131 Å². The molecule has 0 spiro atoms. The molecule has 114 valence electrons. The lowest BCUT2D eigenvalue weighted by Gasteiger charge is -2.13. The van der Waals surface area contributed by atoms with E-state index < -0.39 is 12.0 Å². The van der Waals surface area contributed by atoms with Crippen LogP contribution in [0.1, 0.15) is 25.6 Å². The van der Waals surface area contributed by atoms with Crippen LogP contribution in [0.2, 0.25) is 0 Å². The van der Waals surface area contributed by atoms with Crippen LogP contribution in [0.5, 0.6) is 0 Å². The van der Waals surface area contributed by atoms with E-state index in [1.165, 1.54) is 4.68 Å². The summed E-state index contributed by atoms with van der Waals surface area (Å²) in [6, 6.07) is 7.02. The van der Waals surface area contributed by atoms with Crippen molar-refractivity contribution >= 4 is 37.5 Å². The normalized spacial score (nSPS) is 12.7. The lowest BCUT2D eigenvalue weighted by Crippen LogP contribution is -2.31. The highest BCUT2D eigenvalue weighted by molar-refractivity contribution is 7.26. The summed E-state index contributed by atoms with van der Waals surface area (Å²) >= 11 is 1.55. The van der Waals surface area contributed by atoms with Gasteiger partial charge in [0.25, 0.3) is 5.56 Å². The van der Waals surface area contributed by atoms with Crippen LogP contribution in [-0.4, -0.2) is 22.4 Å². The van der Waals surface area contributed by atoms with E-state index in [0.717, 1.165) is 20.5 Å². The molecule has 0 aliphatic heterocycles. The van der Waals surface area contributed by atoms with Gasteiger partial charge in [-0.1, -0.05) is 18.2 Å². The Hall–Kier alpha value is -2.21. The smallest absolute Gasteiger partial charge is 0.330 e. The zero-order valence-electron chi connectivity index (χ0n) is 12.6. The molecule has 0 unspecified atom stereocenters. The van der Waals surface area contributed by atoms with E-state index in [1.54, 1.807) is 25.2 Å². The van der Waals surface area contributed by atoms with E-state index in [9.17, 15) is 9.59 Å². The maximum atomic E-state index is 12.8. The number of hydrogen-bond acceptors (Lipinski definition) is 5. The number of fused-ring (bicyclic) bond motifs is 3. The highest BCUT2D eigenvalue weighted by Gasteiger charge is 2.22. The van der Waals surface area contributed by atoms with Crippen LogP contribution < -0.4 is 5.56 Å². The molecule has 0 fully saturated rings. The average Bonchev–Trinajstić information content (AvgIpc) is 2.90. The van der Waals surface area contributed by atoms with E-state index in [-0.39, 0.29) is 12.2 Å². The van der Waals surface area contributed by atoms with Crippen molar-refractivity contribution in [3.05, 3.63) is 40.3 Å². The molecule has 0 radical (unpaired) electrons. The second-order valence-electron chi connectivity index (χ2n) is 5.07. The number of ether oxygens (including phenoxy) is 1. The average molecular weight is 316 g/mol. The number of rotatable bonds is 3. The highest BCUT2D eigenvalue weighted by Crippen LogP contribution is 2.32. The van der Waals surface area contributed by atoms with Crippen LogP contribution in [0.4, 0.5) is 0 Å². The van der Waals surface area contributed by atoms with E-state index in [0.29, 0.717) is 5.39 Å². The van der Waals surface area contributed by atoms with Gasteiger partial charge < -0.3 is 4.74 Å². The number of aryl methyl sites for hydroxylation is 1. The minimum Gasteiger partial charge on any atom is -0.464 e. The van der Waals surface area contributed by atoms with Gasteiger partial charge in [0.1, 0.15) is 0 Å². The number of nitrogens with zero attached hydrogens (tertiary/aromatic N) is 2. The van der Waals surface area contributed by atoms with Crippen molar-refractivity contribution in [1.82, 2.24) is 9.78 Å². The molecule has 5 nitrogen and oxygen atoms in total. The molecular weight excluding hydrogens is 300 g/mol. The summed E-state index contributed by atoms with van der Waals surface area (Å²) in [6.45, 7) is 5.50. The van der Waals surface area contributed by atoms with Gasteiger partial charge in [-0.2, -0.15) is 5.10 Å². The summed E-state index contributed by atoms with van der Waals surface area (Å²) in [7, 11) is 0. The van der Waals surface area contributed by atoms with Crippen LogP contribution in [0.25, 0.3) is 20.2 Å². The zero-order chi connectivity index (χ0) is 15.9. The molecule has 3 aromatic rings. The van der Waals surface area contributed by atoms with Gasteiger partial charge in [0, 0.05) is 10.1 Å². The van der Waals surface area contributed by atoms with E-state index in [2.05, 4.69) is 5.10 Å². The third-order valence-corrected chi connectivity index (χ3v) is 4.88. The molecule has 1 atom stereocenters. The SMILES string of the molecule is CCOC(=O)[C@H](C)n1nc(C)c2sc3ccccc3c2c1=O. The van der Waals surface area contributed by atoms with Crippen LogP contribution in [0.3, 0.4) is 0 Å². The predicted octanol–water partition coefficient (Wildman–Crippen LogP) is 3.04. The molecule has 0 aliphatic rings. The molecule has 2 aromatic heterocycles. The Morgan fingerprint density at radius 1 is 1.41 bits per heavy atom. The fourth-order valence-electron chi connectivity index (χ4n) is 2.50. The molecule has 22 heavy (non-hydrogen) atoms. The first-order valence-electron chi connectivity index (χ1n) is 7.12. The summed E-state index contributed by atoms with van der Waals surface area (Å²) in [5.74, 6) is -0.449. The Bertz CT molecular complexity index is 926. The Morgan fingerprint density at radius 3 is 2.86 bits per heavy atom. The molecule has 0 bridgehead atoms. The summed E-state index contributed by atoms with van der Waals surface area (Å²) in [4.78, 5) is 24.7. The summed E-state index contributed by atoms with van der Waals surface area (Å²) in [5.41, 5.74) is 0.491. The first-order chi connectivity index (χ1) is 10.5. The van der Waals surface area contributed by atoms with Crippen LogP contribution in [-0.2, 0) is 9.53 Å². The molecule has 0 saturated carbocycles.